The van der Waals surface area contributed by atoms with Crippen LogP contribution in [0, 0.1) is 0 Å². The predicted octanol–water partition coefficient (Wildman–Crippen LogP) is -1.23. The minimum absolute atomic E-state index is 0.510. The Labute approximate surface area is 66.5 Å². The molecule has 1 N–H and O–H groups in total. The van der Waals surface area contributed by atoms with Crippen molar-refractivity contribution >= 4 is 22.3 Å². The van der Waals surface area contributed by atoms with E-state index in [2.05, 4.69) is 8.92 Å². The van der Waals surface area contributed by atoms with Gasteiger partial charge in [-0.15, -0.1) is 0 Å². The van der Waals surface area contributed by atoms with E-state index in [-0.39, 0.29) is 0 Å². The number of ether oxygens (including phenoxy) is 1. The fraction of sp³-hybridized carbons (Fsp3) is 0. The van der Waals surface area contributed by atoms with Crippen LogP contribution in [0.15, 0.2) is 11.8 Å². The molecule has 0 saturated heterocycles. The molecule has 0 aromatic carbocycles. The quantitative estimate of drug-likeness (QED) is 0.333. The SMILES string of the molecule is O=C1C=C(OS(=O)(=O)O)C(=O)O1. The molecule has 0 unspecified atom stereocenters. The molecule has 0 aliphatic carbocycles. The van der Waals surface area contributed by atoms with Gasteiger partial charge in [-0.1, -0.05) is 0 Å². The first-order valence-corrected chi connectivity index (χ1v) is 3.90. The van der Waals surface area contributed by atoms with Crippen molar-refractivity contribution in [3.05, 3.63) is 11.8 Å². The van der Waals surface area contributed by atoms with E-state index in [1.54, 1.807) is 0 Å². The lowest BCUT2D eigenvalue weighted by Crippen LogP contribution is -2.09. The fourth-order valence-corrected chi connectivity index (χ4v) is 0.852. The maximum atomic E-state index is 10.5. The van der Waals surface area contributed by atoms with Gasteiger partial charge in [-0.25, -0.2) is 9.59 Å². The van der Waals surface area contributed by atoms with Crippen LogP contribution < -0.4 is 0 Å². The first-order chi connectivity index (χ1) is 5.38. The van der Waals surface area contributed by atoms with Crippen LogP contribution >= 0.6 is 0 Å². The van der Waals surface area contributed by atoms with Crippen LogP contribution in [0.3, 0.4) is 0 Å². The average molecular weight is 194 g/mol. The van der Waals surface area contributed by atoms with Gasteiger partial charge in [-0.2, -0.15) is 8.42 Å². The number of cyclic esters (lactones) is 2. The smallest absolute Gasteiger partial charge is 0.384 e. The van der Waals surface area contributed by atoms with E-state index in [0.29, 0.717) is 6.08 Å². The Morgan fingerprint density at radius 1 is 1.42 bits per heavy atom. The molecule has 0 amide bonds. The summed E-state index contributed by atoms with van der Waals surface area (Å²) in [5.41, 5.74) is 0. The molecule has 0 atom stereocenters. The zero-order chi connectivity index (χ0) is 9.35. The summed E-state index contributed by atoms with van der Waals surface area (Å²) in [6, 6.07) is 0. The summed E-state index contributed by atoms with van der Waals surface area (Å²) >= 11 is 0. The van der Waals surface area contributed by atoms with E-state index in [1.165, 1.54) is 0 Å². The summed E-state index contributed by atoms with van der Waals surface area (Å²) in [5.74, 6) is -3.15. The van der Waals surface area contributed by atoms with Crippen LogP contribution in [0.4, 0.5) is 0 Å². The van der Waals surface area contributed by atoms with Crippen LogP contribution in [0.25, 0.3) is 0 Å². The van der Waals surface area contributed by atoms with Crippen molar-refractivity contribution in [3.63, 3.8) is 0 Å². The van der Waals surface area contributed by atoms with Gasteiger partial charge >= 0.3 is 22.3 Å². The molecule has 0 saturated carbocycles. The standard InChI is InChI=1S/C4H2O7S/c5-3-1-2(4(6)10-3)11-12(7,8)9/h1H,(H,7,8,9). The molecule has 0 fully saturated rings. The van der Waals surface area contributed by atoms with Crippen LogP contribution in [0.1, 0.15) is 0 Å². The van der Waals surface area contributed by atoms with E-state index >= 15 is 0 Å². The normalized spacial score (nSPS) is 17.2. The monoisotopic (exact) mass is 194 g/mol. The highest BCUT2D eigenvalue weighted by atomic mass is 32.3. The third-order valence-corrected chi connectivity index (χ3v) is 1.23. The number of esters is 2. The van der Waals surface area contributed by atoms with E-state index in [0.717, 1.165) is 0 Å². The molecule has 0 radical (unpaired) electrons. The van der Waals surface area contributed by atoms with Gasteiger partial charge in [-0.05, 0) is 0 Å². The number of hydrogen-bond donors (Lipinski definition) is 1. The average Bonchev–Trinajstić information content (AvgIpc) is 2.06. The van der Waals surface area contributed by atoms with E-state index in [1.807, 2.05) is 0 Å². The maximum Gasteiger partial charge on any atom is 0.446 e. The molecular formula is C4H2O7S. The summed E-state index contributed by atoms with van der Waals surface area (Å²) in [7, 11) is -4.79. The number of carbonyl (C=O) groups is 2. The first-order valence-electron chi connectivity index (χ1n) is 2.53. The molecule has 1 aliphatic rings. The van der Waals surface area contributed by atoms with E-state index < -0.39 is 28.1 Å². The molecule has 0 aromatic heterocycles. The lowest BCUT2D eigenvalue weighted by Gasteiger charge is -1.96. The Morgan fingerprint density at radius 2 is 2.00 bits per heavy atom. The fourth-order valence-electron chi connectivity index (χ4n) is 0.509. The zero-order valence-electron chi connectivity index (χ0n) is 5.38. The van der Waals surface area contributed by atoms with Gasteiger partial charge in [0.2, 0.25) is 5.76 Å². The van der Waals surface area contributed by atoms with Crippen LogP contribution in [0.2, 0.25) is 0 Å². The van der Waals surface area contributed by atoms with E-state index in [9.17, 15) is 18.0 Å². The molecule has 66 valence electrons. The summed E-state index contributed by atoms with van der Waals surface area (Å²) in [6.07, 6.45) is 0.510. The minimum atomic E-state index is -4.79. The summed E-state index contributed by atoms with van der Waals surface area (Å²) in [4.78, 5) is 20.7. The number of carbonyl (C=O) groups excluding carboxylic acids is 2. The lowest BCUT2D eigenvalue weighted by atomic mass is 10.5. The van der Waals surface area contributed by atoms with Gasteiger partial charge in [0.05, 0.1) is 6.08 Å². The van der Waals surface area contributed by atoms with Crippen molar-refractivity contribution in [2.45, 2.75) is 0 Å². The van der Waals surface area contributed by atoms with Gasteiger partial charge in [0.1, 0.15) is 0 Å². The third-order valence-electron chi connectivity index (χ3n) is 0.839. The first kappa shape index (κ1) is 8.68. The van der Waals surface area contributed by atoms with Crippen molar-refractivity contribution in [2.75, 3.05) is 0 Å². The summed E-state index contributed by atoms with van der Waals surface area (Å²) < 4.78 is 35.6. The molecule has 1 aliphatic heterocycles. The predicted molar refractivity (Wildman–Crippen MR) is 31.8 cm³/mol. The molecule has 1 heterocycles. The van der Waals surface area contributed by atoms with Crippen LogP contribution in [0.5, 0.6) is 0 Å². The van der Waals surface area contributed by atoms with Crippen LogP contribution in [-0.4, -0.2) is 24.9 Å². The number of hydrogen-bond acceptors (Lipinski definition) is 6. The second-order valence-corrected chi connectivity index (χ2v) is 2.75. The summed E-state index contributed by atoms with van der Waals surface area (Å²) in [5, 5.41) is 0. The second-order valence-electron chi connectivity index (χ2n) is 1.73. The maximum absolute atomic E-state index is 10.5. The molecule has 7 nitrogen and oxygen atoms in total. The summed E-state index contributed by atoms with van der Waals surface area (Å²) in [6.45, 7) is 0. The molecule has 0 bridgehead atoms. The second kappa shape index (κ2) is 2.57. The molecule has 12 heavy (non-hydrogen) atoms. The molecule has 0 aromatic rings. The Morgan fingerprint density at radius 3 is 2.33 bits per heavy atom. The van der Waals surface area contributed by atoms with Crippen molar-refractivity contribution in [1.82, 2.24) is 0 Å². The van der Waals surface area contributed by atoms with Crippen LogP contribution in [-0.2, 0) is 28.9 Å². The van der Waals surface area contributed by atoms with E-state index in [4.69, 9.17) is 4.55 Å². The lowest BCUT2D eigenvalue weighted by molar-refractivity contribution is -0.151. The van der Waals surface area contributed by atoms with Gasteiger partial charge in [-0.3, -0.25) is 4.55 Å². The molecular weight excluding hydrogens is 192 g/mol. The third kappa shape index (κ3) is 2.04. The van der Waals surface area contributed by atoms with Gasteiger partial charge in [0.25, 0.3) is 0 Å². The van der Waals surface area contributed by atoms with Crippen molar-refractivity contribution < 1.29 is 31.5 Å². The zero-order valence-corrected chi connectivity index (χ0v) is 6.20. The Balaban J connectivity index is 2.85. The van der Waals surface area contributed by atoms with Gasteiger partial charge in [0.15, 0.2) is 0 Å². The Kier molecular flexibility index (Phi) is 1.86. The van der Waals surface area contributed by atoms with Crippen molar-refractivity contribution in [3.8, 4) is 0 Å². The van der Waals surface area contributed by atoms with Crippen molar-refractivity contribution in [2.24, 2.45) is 0 Å². The molecule has 8 heteroatoms. The minimum Gasteiger partial charge on any atom is -0.384 e. The van der Waals surface area contributed by atoms with Crippen molar-refractivity contribution in [1.29, 1.82) is 0 Å². The highest BCUT2D eigenvalue weighted by Gasteiger charge is 2.28. The Hall–Kier alpha value is -1.41. The number of rotatable bonds is 2. The van der Waals surface area contributed by atoms with Gasteiger partial charge < -0.3 is 8.92 Å². The molecule has 1 rings (SSSR count). The molecule has 0 spiro atoms. The Bertz CT molecular complexity index is 361. The highest BCUT2D eigenvalue weighted by Crippen LogP contribution is 2.11. The topological polar surface area (TPSA) is 107 Å². The highest BCUT2D eigenvalue weighted by molar-refractivity contribution is 7.81. The van der Waals surface area contributed by atoms with Gasteiger partial charge in [0, 0.05) is 0 Å². The largest absolute Gasteiger partial charge is 0.446 e.